The predicted molar refractivity (Wildman–Crippen MR) is 71.6 cm³/mol. The van der Waals surface area contributed by atoms with E-state index in [2.05, 4.69) is 17.3 Å². The predicted octanol–water partition coefficient (Wildman–Crippen LogP) is 2.35. The van der Waals surface area contributed by atoms with Crippen molar-refractivity contribution in [1.29, 1.82) is 0 Å². The minimum absolute atomic E-state index is 0.0391. The van der Waals surface area contributed by atoms with Crippen molar-refractivity contribution in [2.24, 2.45) is 13.0 Å². The summed E-state index contributed by atoms with van der Waals surface area (Å²) in [5.41, 5.74) is 2.50. The maximum Gasteiger partial charge on any atom is 0.255 e. The molecule has 4 heteroatoms. The first-order chi connectivity index (χ1) is 8.49. The number of hydrogen-bond acceptors (Lipinski definition) is 2. The summed E-state index contributed by atoms with van der Waals surface area (Å²) in [7, 11) is 1.88. The Hall–Kier alpha value is -1.32. The Morgan fingerprint density at radius 2 is 2.11 bits per heavy atom. The van der Waals surface area contributed by atoms with E-state index in [1.807, 2.05) is 20.9 Å². The molecule has 1 saturated carbocycles. The van der Waals surface area contributed by atoms with Crippen LogP contribution in [0, 0.1) is 19.8 Å². The van der Waals surface area contributed by atoms with E-state index in [0.717, 1.165) is 35.7 Å². The second-order valence-corrected chi connectivity index (χ2v) is 5.61. The third-order valence-corrected chi connectivity index (χ3v) is 4.01. The lowest BCUT2D eigenvalue weighted by atomic mass is 9.87. The Labute approximate surface area is 109 Å². The van der Waals surface area contributed by atoms with Gasteiger partial charge in [-0.05, 0) is 32.6 Å². The van der Waals surface area contributed by atoms with Crippen LogP contribution in [-0.2, 0) is 7.05 Å². The topological polar surface area (TPSA) is 46.9 Å². The smallest absolute Gasteiger partial charge is 0.255 e. The molecule has 0 saturated heterocycles. The molecule has 100 valence electrons. The van der Waals surface area contributed by atoms with E-state index >= 15 is 0 Å². The van der Waals surface area contributed by atoms with E-state index in [0.29, 0.717) is 6.04 Å². The molecule has 1 N–H and O–H groups in total. The summed E-state index contributed by atoms with van der Waals surface area (Å²) >= 11 is 0. The van der Waals surface area contributed by atoms with Crippen molar-refractivity contribution in [2.75, 3.05) is 0 Å². The van der Waals surface area contributed by atoms with Gasteiger partial charge in [-0.25, -0.2) is 0 Å². The van der Waals surface area contributed by atoms with Gasteiger partial charge in [0.25, 0.3) is 5.91 Å². The van der Waals surface area contributed by atoms with E-state index in [4.69, 9.17) is 0 Å². The Kier molecular flexibility index (Phi) is 3.73. The summed E-state index contributed by atoms with van der Waals surface area (Å²) in [4.78, 5) is 12.3. The third kappa shape index (κ3) is 2.57. The minimum Gasteiger partial charge on any atom is -0.349 e. The summed E-state index contributed by atoms with van der Waals surface area (Å²) in [6.45, 7) is 6.10. The highest BCUT2D eigenvalue weighted by atomic mass is 16.1. The molecule has 1 fully saturated rings. The van der Waals surface area contributed by atoms with Gasteiger partial charge in [-0.2, -0.15) is 5.10 Å². The molecule has 0 aromatic carbocycles. The van der Waals surface area contributed by atoms with Crippen LogP contribution in [0.15, 0.2) is 0 Å². The number of amides is 1. The largest absolute Gasteiger partial charge is 0.349 e. The Morgan fingerprint density at radius 3 is 2.67 bits per heavy atom. The fourth-order valence-electron chi connectivity index (χ4n) is 2.92. The van der Waals surface area contributed by atoms with Gasteiger partial charge in [0.2, 0.25) is 0 Å². The fraction of sp³-hybridized carbons (Fsp3) is 0.714. The SMILES string of the molecule is Cc1nn(C)c(C)c1C(=O)NC1CCCC(C)C1. The van der Waals surface area contributed by atoms with Gasteiger partial charge in [0.1, 0.15) is 0 Å². The number of hydrogen-bond donors (Lipinski definition) is 1. The molecule has 0 aliphatic heterocycles. The average molecular weight is 249 g/mol. The summed E-state index contributed by atoms with van der Waals surface area (Å²) in [6, 6.07) is 0.334. The molecule has 1 heterocycles. The molecule has 0 bridgehead atoms. The van der Waals surface area contributed by atoms with Gasteiger partial charge in [-0.1, -0.05) is 19.8 Å². The Bertz CT molecular complexity index is 450. The van der Waals surface area contributed by atoms with E-state index in [1.165, 1.54) is 12.8 Å². The van der Waals surface area contributed by atoms with Crippen molar-refractivity contribution in [3.8, 4) is 0 Å². The average Bonchev–Trinajstić information content (AvgIpc) is 2.53. The molecule has 1 amide bonds. The molecule has 2 unspecified atom stereocenters. The van der Waals surface area contributed by atoms with Crippen LogP contribution in [0.3, 0.4) is 0 Å². The number of carbonyl (C=O) groups excluding carboxylic acids is 1. The Balaban J connectivity index is 2.07. The molecular weight excluding hydrogens is 226 g/mol. The molecule has 1 aliphatic carbocycles. The number of carbonyl (C=O) groups is 1. The highest BCUT2D eigenvalue weighted by Crippen LogP contribution is 2.24. The van der Waals surface area contributed by atoms with E-state index in [9.17, 15) is 4.79 Å². The van der Waals surface area contributed by atoms with Gasteiger partial charge in [-0.15, -0.1) is 0 Å². The second-order valence-electron chi connectivity index (χ2n) is 5.61. The van der Waals surface area contributed by atoms with Crippen molar-refractivity contribution in [3.05, 3.63) is 17.0 Å². The van der Waals surface area contributed by atoms with Crippen molar-refractivity contribution in [2.45, 2.75) is 52.5 Å². The van der Waals surface area contributed by atoms with Gasteiger partial charge in [0, 0.05) is 18.8 Å². The molecule has 0 spiro atoms. The summed E-state index contributed by atoms with van der Waals surface area (Å²) in [5.74, 6) is 0.761. The lowest BCUT2D eigenvalue weighted by Gasteiger charge is -2.27. The molecule has 2 atom stereocenters. The van der Waals surface area contributed by atoms with Crippen LogP contribution in [0.1, 0.15) is 54.4 Å². The first kappa shape index (κ1) is 13.1. The first-order valence-electron chi connectivity index (χ1n) is 6.80. The minimum atomic E-state index is 0.0391. The van der Waals surface area contributed by atoms with Crippen molar-refractivity contribution >= 4 is 5.91 Å². The van der Waals surface area contributed by atoms with E-state index in [1.54, 1.807) is 4.68 Å². The highest BCUT2D eigenvalue weighted by molar-refractivity contribution is 5.96. The number of nitrogens with one attached hydrogen (secondary N) is 1. The maximum absolute atomic E-state index is 12.3. The van der Waals surface area contributed by atoms with Gasteiger partial charge in [-0.3, -0.25) is 9.48 Å². The van der Waals surface area contributed by atoms with Crippen molar-refractivity contribution in [3.63, 3.8) is 0 Å². The van der Waals surface area contributed by atoms with Crippen LogP contribution in [-0.4, -0.2) is 21.7 Å². The third-order valence-electron chi connectivity index (χ3n) is 4.01. The van der Waals surface area contributed by atoms with Crippen molar-refractivity contribution in [1.82, 2.24) is 15.1 Å². The molecule has 0 radical (unpaired) electrons. The number of aryl methyl sites for hydroxylation is 2. The number of nitrogens with zero attached hydrogens (tertiary/aromatic N) is 2. The highest BCUT2D eigenvalue weighted by Gasteiger charge is 2.23. The molecular formula is C14H23N3O. The van der Waals surface area contributed by atoms with Crippen LogP contribution in [0.25, 0.3) is 0 Å². The number of aromatic nitrogens is 2. The maximum atomic E-state index is 12.3. The molecule has 1 aromatic heterocycles. The van der Waals surface area contributed by atoms with Crippen LogP contribution >= 0.6 is 0 Å². The summed E-state index contributed by atoms with van der Waals surface area (Å²) < 4.78 is 1.77. The second kappa shape index (κ2) is 5.12. The van der Waals surface area contributed by atoms with Crippen LogP contribution in [0.4, 0.5) is 0 Å². The van der Waals surface area contributed by atoms with E-state index in [-0.39, 0.29) is 5.91 Å². The van der Waals surface area contributed by atoms with Crippen LogP contribution in [0.5, 0.6) is 0 Å². The van der Waals surface area contributed by atoms with Crippen LogP contribution in [0.2, 0.25) is 0 Å². The summed E-state index contributed by atoms with van der Waals surface area (Å²) in [5, 5.41) is 7.46. The van der Waals surface area contributed by atoms with Gasteiger partial charge < -0.3 is 5.32 Å². The number of rotatable bonds is 2. The quantitative estimate of drug-likeness (QED) is 0.874. The first-order valence-corrected chi connectivity index (χ1v) is 6.80. The zero-order chi connectivity index (χ0) is 13.3. The molecule has 18 heavy (non-hydrogen) atoms. The molecule has 1 aromatic rings. The lowest BCUT2D eigenvalue weighted by molar-refractivity contribution is 0.0920. The van der Waals surface area contributed by atoms with Gasteiger partial charge >= 0.3 is 0 Å². The standard InChI is InChI=1S/C14H23N3O/c1-9-6-5-7-12(8-9)15-14(18)13-10(2)16-17(4)11(13)3/h9,12H,5-8H2,1-4H3,(H,15,18). The molecule has 4 nitrogen and oxygen atoms in total. The zero-order valence-corrected chi connectivity index (χ0v) is 11.8. The van der Waals surface area contributed by atoms with E-state index < -0.39 is 0 Å². The lowest BCUT2D eigenvalue weighted by Crippen LogP contribution is -2.38. The zero-order valence-electron chi connectivity index (χ0n) is 11.8. The monoisotopic (exact) mass is 249 g/mol. The Morgan fingerprint density at radius 1 is 1.39 bits per heavy atom. The van der Waals surface area contributed by atoms with Crippen molar-refractivity contribution < 1.29 is 4.79 Å². The molecule has 2 rings (SSSR count). The van der Waals surface area contributed by atoms with Gasteiger partial charge in [0.15, 0.2) is 0 Å². The van der Waals surface area contributed by atoms with Gasteiger partial charge in [0.05, 0.1) is 11.3 Å². The summed E-state index contributed by atoms with van der Waals surface area (Å²) in [6.07, 6.45) is 4.72. The normalized spacial score (nSPS) is 24.0. The van der Waals surface area contributed by atoms with Crippen LogP contribution < -0.4 is 5.32 Å². The fourth-order valence-corrected chi connectivity index (χ4v) is 2.92. The molecule has 1 aliphatic rings.